The van der Waals surface area contributed by atoms with E-state index in [1.54, 1.807) is 17.1 Å². The molecule has 0 saturated carbocycles. The number of hydrogen-bond donors (Lipinski definition) is 0. The van der Waals surface area contributed by atoms with Crippen LogP contribution in [0, 0.1) is 11.8 Å². The molecule has 0 N–H and O–H groups in total. The molecule has 0 aliphatic carbocycles. The summed E-state index contributed by atoms with van der Waals surface area (Å²) in [6.45, 7) is 0.526. The van der Waals surface area contributed by atoms with Gasteiger partial charge >= 0.3 is 0 Å². The van der Waals surface area contributed by atoms with Gasteiger partial charge in [0, 0.05) is 11.2 Å². The summed E-state index contributed by atoms with van der Waals surface area (Å²) in [6.07, 6.45) is 4.85. The zero-order valence-electron chi connectivity index (χ0n) is 13.3. The van der Waals surface area contributed by atoms with Gasteiger partial charge in [-0.3, -0.25) is 14.3 Å². The standard InChI is InChI=1S/C18H16ClN3O3/c19-11-3-1-2-10(6-11)8-21-9-12(7-20-21)22-17(23)15-13-4-5-14(25-13)16(15)18(22)24/h1-3,6-7,9,13-16H,4-5,8H2/t13-,14+,15-,16-/m0/s1. The lowest BCUT2D eigenvalue weighted by Gasteiger charge is -2.15. The Morgan fingerprint density at radius 3 is 2.56 bits per heavy atom. The second-order valence-corrected chi connectivity index (χ2v) is 7.32. The number of halogens is 1. The van der Waals surface area contributed by atoms with Crippen molar-refractivity contribution in [2.75, 3.05) is 4.90 Å². The van der Waals surface area contributed by atoms with E-state index in [0.29, 0.717) is 17.3 Å². The average molecular weight is 358 g/mol. The molecule has 128 valence electrons. The second kappa shape index (κ2) is 5.41. The van der Waals surface area contributed by atoms with Gasteiger partial charge in [0.15, 0.2) is 0 Å². The van der Waals surface area contributed by atoms with E-state index >= 15 is 0 Å². The minimum absolute atomic E-state index is 0.0991. The monoisotopic (exact) mass is 357 g/mol. The number of amides is 2. The molecule has 1 aromatic carbocycles. The van der Waals surface area contributed by atoms with E-state index in [1.165, 1.54) is 4.90 Å². The van der Waals surface area contributed by atoms with Crippen molar-refractivity contribution in [1.82, 2.24) is 9.78 Å². The van der Waals surface area contributed by atoms with Crippen LogP contribution in [0.5, 0.6) is 0 Å². The molecule has 6 nitrogen and oxygen atoms in total. The Morgan fingerprint density at radius 2 is 1.88 bits per heavy atom. The first kappa shape index (κ1) is 15.1. The maximum Gasteiger partial charge on any atom is 0.240 e. The number of benzene rings is 1. The van der Waals surface area contributed by atoms with Crippen LogP contribution in [0.15, 0.2) is 36.7 Å². The first-order valence-corrected chi connectivity index (χ1v) is 8.80. The minimum atomic E-state index is -0.317. The highest BCUT2D eigenvalue weighted by molar-refractivity contribution is 6.30. The molecule has 4 heterocycles. The Kier molecular flexibility index (Phi) is 3.27. The van der Waals surface area contributed by atoms with Crippen molar-refractivity contribution < 1.29 is 14.3 Å². The lowest BCUT2D eigenvalue weighted by atomic mass is 9.81. The highest BCUT2D eigenvalue weighted by atomic mass is 35.5. The molecule has 0 unspecified atom stereocenters. The van der Waals surface area contributed by atoms with Crippen LogP contribution in [0.25, 0.3) is 0 Å². The van der Waals surface area contributed by atoms with Crippen LogP contribution in [0.3, 0.4) is 0 Å². The van der Waals surface area contributed by atoms with Gasteiger partial charge in [-0.25, -0.2) is 4.90 Å². The van der Waals surface area contributed by atoms with Crippen molar-refractivity contribution in [3.8, 4) is 0 Å². The van der Waals surface area contributed by atoms with Gasteiger partial charge in [0.05, 0.1) is 42.5 Å². The molecular formula is C18H16ClN3O3. The van der Waals surface area contributed by atoms with Crippen molar-refractivity contribution in [2.24, 2.45) is 11.8 Å². The van der Waals surface area contributed by atoms with Gasteiger partial charge in [-0.05, 0) is 30.5 Å². The van der Waals surface area contributed by atoms with Gasteiger partial charge in [-0.1, -0.05) is 23.7 Å². The third-order valence-corrected chi connectivity index (χ3v) is 5.63. The maximum atomic E-state index is 12.8. The number of rotatable bonds is 3. The Hall–Kier alpha value is -2.18. The van der Waals surface area contributed by atoms with E-state index in [4.69, 9.17) is 16.3 Å². The topological polar surface area (TPSA) is 64.4 Å². The number of nitrogens with zero attached hydrogens (tertiary/aromatic N) is 3. The first-order chi connectivity index (χ1) is 12.1. The molecule has 2 amide bonds. The quantitative estimate of drug-likeness (QED) is 0.790. The highest BCUT2D eigenvalue weighted by Crippen LogP contribution is 2.49. The molecule has 7 heteroatoms. The molecule has 4 atom stereocenters. The number of ether oxygens (including phenoxy) is 1. The van der Waals surface area contributed by atoms with Gasteiger partial charge in [0.1, 0.15) is 0 Å². The fourth-order valence-electron chi connectivity index (χ4n) is 4.34. The van der Waals surface area contributed by atoms with Crippen LogP contribution in [-0.2, 0) is 20.9 Å². The van der Waals surface area contributed by atoms with Gasteiger partial charge in [-0.15, -0.1) is 0 Å². The van der Waals surface area contributed by atoms with Crippen LogP contribution in [0.2, 0.25) is 5.02 Å². The zero-order valence-corrected chi connectivity index (χ0v) is 14.1. The number of carbonyl (C=O) groups excluding carboxylic acids is 2. The van der Waals surface area contributed by atoms with Crippen LogP contribution in [0.4, 0.5) is 5.69 Å². The number of aromatic nitrogens is 2. The van der Waals surface area contributed by atoms with E-state index in [0.717, 1.165) is 18.4 Å². The summed E-state index contributed by atoms with van der Waals surface area (Å²) in [6, 6.07) is 7.52. The molecule has 1 aromatic heterocycles. The summed E-state index contributed by atoms with van der Waals surface area (Å²) in [4.78, 5) is 26.8. The molecule has 3 aliphatic heterocycles. The summed E-state index contributed by atoms with van der Waals surface area (Å²) in [5.74, 6) is -0.931. The molecule has 5 rings (SSSR count). The third kappa shape index (κ3) is 2.24. The van der Waals surface area contributed by atoms with Gasteiger partial charge in [0.25, 0.3) is 0 Å². The van der Waals surface area contributed by atoms with Crippen molar-refractivity contribution >= 4 is 29.1 Å². The predicted molar refractivity (Wildman–Crippen MR) is 90.1 cm³/mol. The van der Waals surface area contributed by atoms with Gasteiger partial charge in [0.2, 0.25) is 11.8 Å². The van der Waals surface area contributed by atoms with E-state index < -0.39 is 0 Å². The van der Waals surface area contributed by atoms with Crippen LogP contribution >= 0.6 is 11.6 Å². The molecule has 0 spiro atoms. The predicted octanol–water partition coefficient (Wildman–Crippen LogP) is 2.25. The summed E-state index contributed by atoms with van der Waals surface area (Å²) in [5.41, 5.74) is 1.54. The highest BCUT2D eigenvalue weighted by Gasteiger charge is 2.62. The fourth-order valence-corrected chi connectivity index (χ4v) is 4.56. The van der Waals surface area contributed by atoms with E-state index in [9.17, 15) is 9.59 Å². The Morgan fingerprint density at radius 1 is 1.16 bits per heavy atom. The maximum absolute atomic E-state index is 12.8. The van der Waals surface area contributed by atoms with E-state index in [1.807, 2.05) is 24.3 Å². The van der Waals surface area contributed by atoms with Crippen molar-refractivity contribution in [3.05, 3.63) is 47.2 Å². The normalized spacial score (nSPS) is 30.4. The van der Waals surface area contributed by atoms with E-state index in [2.05, 4.69) is 5.10 Å². The number of hydrogen-bond acceptors (Lipinski definition) is 4. The number of fused-ring (bicyclic) bond motifs is 5. The molecule has 3 aliphatic rings. The number of anilines is 1. The molecule has 2 bridgehead atoms. The molecule has 0 radical (unpaired) electrons. The molecule has 3 fully saturated rings. The smallest absolute Gasteiger partial charge is 0.240 e. The Labute approximate surface area is 149 Å². The summed E-state index contributed by atoms with van der Waals surface area (Å²) < 4.78 is 7.47. The fraction of sp³-hybridized carbons (Fsp3) is 0.389. The minimum Gasteiger partial charge on any atom is -0.373 e. The third-order valence-electron chi connectivity index (χ3n) is 5.40. The summed E-state index contributed by atoms with van der Waals surface area (Å²) in [7, 11) is 0. The Balaban J connectivity index is 1.40. The van der Waals surface area contributed by atoms with Crippen molar-refractivity contribution in [3.63, 3.8) is 0 Å². The summed E-state index contributed by atoms with van der Waals surface area (Å²) >= 11 is 6.01. The molecule has 3 saturated heterocycles. The second-order valence-electron chi connectivity index (χ2n) is 6.88. The van der Waals surface area contributed by atoms with Crippen LogP contribution < -0.4 is 4.90 Å². The lowest BCUT2D eigenvalue weighted by molar-refractivity contribution is -0.124. The molecular weight excluding hydrogens is 342 g/mol. The SMILES string of the molecule is O=C1[C@@H]2[C@@H](C(=O)N1c1cnn(Cc3cccc(Cl)c3)c1)[C@H]1CC[C@@H]2O1. The Bertz CT molecular complexity index is 852. The largest absolute Gasteiger partial charge is 0.373 e. The number of imide groups is 1. The molecule has 25 heavy (non-hydrogen) atoms. The van der Waals surface area contributed by atoms with Crippen molar-refractivity contribution in [1.29, 1.82) is 0 Å². The van der Waals surface area contributed by atoms with Crippen molar-refractivity contribution in [2.45, 2.75) is 31.6 Å². The van der Waals surface area contributed by atoms with E-state index in [-0.39, 0.29) is 35.9 Å². The molecule has 2 aromatic rings. The summed E-state index contributed by atoms with van der Waals surface area (Å²) in [5, 5.41) is 4.96. The number of carbonyl (C=O) groups is 2. The zero-order chi connectivity index (χ0) is 17.1. The van der Waals surface area contributed by atoms with Gasteiger partial charge in [-0.2, -0.15) is 5.10 Å². The van der Waals surface area contributed by atoms with Crippen LogP contribution in [0.1, 0.15) is 18.4 Å². The van der Waals surface area contributed by atoms with Gasteiger partial charge < -0.3 is 4.74 Å². The lowest BCUT2D eigenvalue weighted by Crippen LogP contribution is -2.33. The first-order valence-electron chi connectivity index (χ1n) is 8.42. The average Bonchev–Trinajstić information content (AvgIpc) is 3.33. The van der Waals surface area contributed by atoms with Crippen LogP contribution in [-0.4, -0.2) is 33.8 Å².